The molecule has 0 fully saturated rings. The molecular formula is C14H22FN3O. The van der Waals surface area contributed by atoms with Crippen LogP contribution in [0.3, 0.4) is 0 Å². The van der Waals surface area contributed by atoms with Crippen LogP contribution >= 0.6 is 0 Å². The van der Waals surface area contributed by atoms with Crippen LogP contribution in [0.15, 0.2) is 23.4 Å². The van der Waals surface area contributed by atoms with E-state index in [4.69, 9.17) is 10.9 Å². The zero-order chi connectivity index (χ0) is 14.6. The first-order valence-corrected chi connectivity index (χ1v) is 6.25. The molecule has 0 amide bonds. The lowest BCUT2D eigenvalue weighted by Gasteiger charge is -2.28. The van der Waals surface area contributed by atoms with Crippen LogP contribution in [0.4, 0.5) is 4.39 Å². The molecular weight excluding hydrogens is 245 g/mol. The molecule has 4 N–H and O–H groups in total. The highest BCUT2D eigenvalue weighted by atomic mass is 19.1. The molecule has 0 radical (unpaired) electrons. The van der Waals surface area contributed by atoms with Gasteiger partial charge in [-0.3, -0.25) is 0 Å². The summed E-state index contributed by atoms with van der Waals surface area (Å²) in [4.78, 5) is 0. The molecule has 0 spiro atoms. The van der Waals surface area contributed by atoms with E-state index in [1.807, 2.05) is 0 Å². The van der Waals surface area contributed by atoms with E-state index in [2.05, 4.69) is 38.2 Å². The van der Waals surface area contributed by atoms with Gasteiger partial charge in [-0.25, -0.2) is 4.39 Å². The maximum atomic E-state index is 13.2. The van der Waals surface area contributed by atoms with Gasteiger partial charge in [0.1, 0.15) is 5.82 Å². The minimum Gasteiger partial charge on any atom is -0.409 e. The fourth-order valence-corrected chi connectivity index (χ4v) is 1.56. The monoisotopic (exact) mass is 267 g/mol. The smallest absolute Gasteiger partial charge is 0.170 e. The van der Waals surface area contributed by atoms with Gasteiger partial charge in [-0.05, 0) is 30.0 Å². The summed E-state index contributed by atoms with van der Waals surface area (Å²) in [6.45, 7) is 9.04. The number of nitrogens with one attached hydrogen (secondary N) is 1. The van der Waals surface area contributed by atoms with E-state index in [9.17, 15) is 4.39 Å². The van der Waals surface area contributed by atoms with Crippen LogP contribution in [-0.4, -0.2) is 17.1 Å². The number of hydrogen-bond donors (Lipinski definition) is 3. The summed E-state index contributed by atoms with van der Waals surface area (Å²) in [6.07, 6.45) is 0. The Morgan fingerprint density at radius 2 is 2.11 bits per heavy atom. The van der Waals surface area contributed by atoms with Crippen LogP contribution in [0.5, 0.6) is 0 Å². The summed E-state index contributed by atoms with van der Waals surface area (Å²) in [7, 11) is 0. The molecule has 0 aromatic heterocycles. The Hall–Kier alpha value is -1.62. The zero-order valence-electron chi connectivity index (χ0n) is 11.9. The first-order valence-electron chi connectivity index (χ1n) is 6.25. The van der Waals surface area contributed by atoms with Crippen LogP contribution in [-0.2, 0) is 6.54 Å². The quantitative estimate of drug-likeness (QED) is 0.339. The van der Waals surface area contributed by atoms with Gasteiger partial charge in [-0.15, -0.1) is 0 Å². The van der Waals surface area contributed by atoms with Gasteiger partial charge in [0.25, 0.3) is 0 Å². The van der Waals surface area contributed by atoms with Gasteiger partial charge >= 0.3 is 0 Å². The molecule has 0 heterocycles. The summed E-state index contributed by atoms with van der Waals surface area (Å²) in [5.74, 6) is -0.492. The standard InChI is InChI=1S/C14H22FN3O/c1-9(14(2,3)4)17-8-10-5-6-11(15)7-12(10)13(16)18-19/h5-7,9,17,19H,8H2,1-4H3,(H2,16,18). The van der Waals surface area contributed by atoms with Crippen LogP contribution in [0.1, 0.15) is 38.8 Å². The molecule has 0 saturated carbocycles. The molecule has 19 heavy (non-hydrogen) atoms. The predicted molar refractivity (Wildman–Crippen MR) is 74.7 cm³/mol. The number of hydrogen-bond acceptors (Lipinski definition) is 3. The van der Waals surface area contributed by atoms with Crippen molar-refractivity contribution in [3.8, 4) is 0 Å². The minimum absolute atomic E-state index is 0.0836. The SMILES string of the molecule is CC(NCc1ccc(F)cc1/C(N)=N/O)C(C)(C)C. The highest BCUT2D eigenvalue weighted by Gasteiger charge is 2.19. The molecule has 1 atom stereocenters. The molecule has 0 aliphatic heterocycles. The van der Waals surface area contributed by atoms with Crippen molar-refractivity contribution in [1.82, 2.24) is 5.32 Å². The second-order valence-corrected chi connectivity index (χ2v) is 5.76. The Morgan fingerprint density at radius 3 is 2.63 bits per heavy atom. The second-order valence-electron chi connectivity index (χ2n) is 5.76. The predicted octanol–water partition coefficient (Wildman–Crippen LogP) is 2.44. The zero-order valence-corrected chi connectivity index (χ0v) is 11.9. The molecule has 1 unspecified atom stereocenters. The van der Waals surface area contributed by atoms with Gasteiger partial charge < -0.3 is 16.3 Å². The molecule has 1 aromatic rings. The van der Waals surface area contributed by atoms with Crippen molar-refractivity contribution >= 4 is 5.84 Å². The van der Waals surface area contributed by atoms with Gasteiger partial charge in [0.2, 0.25) is 0 Å². The van der Waals surface area contributed by atoms with Crippen LogP contribution in [0.25, 0.3) is 0 Å². The van der Waals surface area contributed by atoms with E-state index in [0.717, 1.165) is 5.56 Å². The summed E-state index contributed by atoms with van der Waals surface area (Å²) in [6, 6.07) is 4.56. The van der Waals surface area contributed by atoms with E-state index in [1.54, 1.807) is 6.07 Å². The lowest BCUT2D eigenvalue weighted by atomic mass is 9.88. The van der Waals surface area contributed by atoms with E-state index in [-0.39, 0.29) is 17.3 Å². The van der Waals surface area contributed by atoms with Crippen LogP contribution in [0, 0.1) is 11.2 Å². The Balaban J connectivity index is 2.90. The third-order valence-electron chi connectivity index (χ3n) is 3.35. The molecule has 0 bridgehead atoms. The Bertz CT molecular complexity index is 466. The van der Waals surface area contributed by atoms with E-state index < -0.39 is 5.82 Å². The Kier molecular flexibility index (Phi) is 4.89. The highest BCUT2D eigenvalue weighted by Crippen LogP contribution is 2.19. The van der Waals surface area contributed by atoms with Gasteiger partial charge in [-0.2, -0.15) is 0 Å². The van der Waals surface area contributed by atoms with Crippen molar-refractivity contribution in [3.05, 3.63) is 35.1 Å². The minimum atomic E-state index is -0.408. The average molecular weight is 267 g/mol. The van der Waals surface area contributed by atoms with Crippen molar-refractivity contribution < 1.29 is 9.60 Å². The fourth-order valence-electron chi connectivity index (χ4n) is 1.56. The molecule has 106 valence electrons. The van der Waals surface area contributed by atoms with Crippen LogP contribution < -0.4 is 11.1 Å². The summed E-state index contributed by atoms with van der Waals surface area (Å²) in [5, 5.41) is 15.0. The Morgan fingerprint density at radius 1 is 1.47 bits per heavy atom. The van der Waals surface area contributed by atoms with Crippen molar-refractivity contribution in [2.45, 2.75) is 40.3 Å². The average Bonchev–Trinajstić information content (AvgIpc) is 2.34. The molecule has 5 heteroatoms. The summed E-state index contributed by atoms with van der Waals surface area (Å²) < 4.78 is 13.2. The molecule has 4 nitrogen and oxygen atoms in total. The van der Waals surface area contributed by atoms with Crippen molar-refractivity contribution in [1.29, 1.82) is 0 Å². The van der Waals surface area contributed by atoms with Gasteiger partial charge in [0, 0.05) is 18.2 Å². The number of oxime groups is 1. The number of nitrogens with two attached hydrogens (primary N) is 1. The lowest BCUT2D eigenvalue weighted by Crippen LogP contribution is -2.37. The number of halogens is 1. The Labute approximate surface area is 113 Å². The molecule has 0 saturated heterocycles. The number of amidine groups is 1. The first-order chi connectivity index (χ1) is 8.75. The topological polar surface area (TPSA) is 70.6 Å². The highest BCUT2D eigenvalue weighted by molar-refractivity contribution is 5.98. The van der Waals surface area contributed by atoms with Crippen molar-refractivity contribution in [2.75, 3.05) is 0 Å². The maximum absolute atomic E-state index is 13.2. The van der Waals surface area contributed by atoms with Gasteiger partial charge in [0.15, 0.2) is 5.84 Å². The fraction of sp³-hybridized carbons (Fsp3) is 0.500. The normalized spacial score (nSPS) is 14.5. The molecule has 0 aliphatic rings. The number of nitrogens with zero attached hydrogens (tertiary/aromatic N) is 1. The van der Waals surface area contributed by atoms with E-state index in [0.29, 0.717) is 12.1 Å². The third-order valence-corrected chi connectivity index (χ3v) is 3.35. The first kappa shape index (κ1) is 15.4. The second kappa shape index (κ2) is 6.02. The van der Waals surface area contributed by atoms with E-state index >= 15 is 0 Å². The van der Waals surface area contributed by atoms with Crippen molar-refractivity contribution in [2.24, 2.45) is 16.3 Å². The number of rotatable bonds is 4. The molecule has 0 aliphatic carbocycles. The summed E-state index contributed by atoms with van der Waals surface area (Å²) in [5.41, 5.74) is 6.90. The van der Waals surface area contributed by atoms with Gasteiger partial charge in [0.05, 0.1) is 0 Å². The molecule has 1 aromatic carbocycles. The third kappa shape index (κ3) is 4.21. The largest absolute Gasteiger partial charge is 0.409 e. The lowest BCUT2D eigenvalue weighted by molar-refractivity contribution is 0.285. The summed E-state index contributed by atoms with van der Waals surface area (Å²) >= 11 is 0. The molecule has 1 rings (SSSR count). The van der Waals surface area contributed by atoms with Gasteiger partial charge in [-0.1, -0.05) is 32.0 Å². The van der Waals surface area contributed by atoms with E-state index in [1.165, 1.54) is 12.1 Å². The number of benzene rings is 1. The van der Waals surface area contributed by atoms with Crippen molar-refractivity contribution in [3.63, 3.8) is 0 Å². The maximum Gasteiger partial charge on any atom is 0.170 e. The van der Waals surface area contributed by atoms with Crippen LogP contribution in [0.2, 0.25) is 0 Å².